The quantitative estimate of drug-likeness (QED) is 0.775. The van der Waals surface area contributed by atoms with Crippen LogP contribution in [0.25, 0.3) is 0 Å². The molecule has 0 spiro atoms. The summed E-state index contributed by atoms with van der Waals surface area (Å²) in [6.07, 6.45) is 0. The third-order valence-electron chi connectivity index (χ3n) is 3.49. The average molecular weight is 246 g/mol. The molecule has 2 rings (SSSR count). The Balaban J connectivity index is 2.30. The lowest BCUT2D eigenvalue weighted by atomic mass is 9.96. The van der Waals surface area contributed by atoms with Crippen LogP contribution in [-0.4, -0.2) is 7.11 Å². The third-order valence-corrected chi connectivity index (χ3v) is 5.18. The fourth-order valence-electron chi connectivity index (χ4n) is 2.12. The Bertz CT molecular complexity index is 496. The van der Waals surface area contributed by atoms with Crippen molar-refractivity contribution in [3.8, 4) is 5.75 Å². The molecular formula is C15H19OP. The summed E-state index contributed by atoms with van der Waals surface area (Å²) in [5.74, 6) is 3.78. The molecule has 1 aromatic carbocycles. The number of benzene rings is 1. The van der Waals surface area contributed by atoms with Crippen molar-refractivity contribution in [2.24, 2.45) is 0 Å². The molecule has 0 saturated heterocycles. The van der Waals surface area contributed by atoms with Crippen LogP contribution in [0, 0.1) is 13.8 Å². The van der Waals surface area contributed by atoms with Crippen molar-refractivity contribution in [2.45, 2.75) is 26.7 Å². The highest BCUT2D eigenvalue weighted by atomic mass is 31.0. The number of aryl methyl sites for hydroxylation is 1. The number of hydrogen-bond donors (Lipinski definition) is 0. The minimum absolute atomic E-state index is 0.507. The summed E-state index contributed by atoms with van der Waals surface area (Å²) in [5, 5.41) is 1.58. The Morgan fingerprint density at radius 2 is 1.76 bits per heavy atom. The van der Waals surface area contributed by atoms with Crippen LogP contribution in [0.2, 0.25) is 0 Å². The molecule has 0 bridgehead atoms. The zero-order chi connectivity index (χ0) is 12.4. The molecule has 0 aliphatic heterocycles. The highest BCUT2D eigenvalue weighted by molar-refractivity contribution is 7.30. The van der Waals surface area contributed by atoms with Crippen molar-refractivity contribution in [3.63, 3.8) is 0 Å². The highest BCUT2D eigenvalue weighted by Gasteiger charge is 2.13. The Kier molecular flexibility index (Phi) is 3.59. The van der Waals surface area contributed by atoms with Gasteiger partial charge in [-0.25, -0.2) is 0 Å². The van der Waals surface area contributed by atoms with Gasteiger partial charge in [-0.15, -0.1) is 8.19 Å². The molecule has 0 aliphatic carbocycles. The predicted molar refractivity (Wildman–Crippen MR) is 75.9 cm³/mol. The Hall–Kier alpha value is -1.20. The van der Waals surface area contributed by atoms with Gasteiger partial charge in [-0.2, -0.15) is 0 Å². The molecule has 0 fully saturated rings. The van der Waals surface area contributed by atoms with Gasteiger partial charge < -0.3 is 4.74 Å². The average Bonchev–Trinajstić information content (AvgIpc) is 2.69. The van der Waals surface area contributed by atoms with Crippen molar-refractivity contribution in [3.05, 3.63) is 52.0 Å². The first-order valence-electron chi connectivity index (χ1n) is 5.92. The molecule has 0 N–H and O–H groups in total. The van der Waals surface area contributed by atoms with Gasteiger partial charge in [0.1, 0.15) is 5.75 Å². The van der Waals surface area contributed by atoms with E-state index in [0.717, 1.165) is 13.9 Å². The van der Waals surface area contributed by atoms with E-state index in [0.29, 0.717) is 5.92 Å². The van der Waals surface area contributed by atoms with Crippen LogP contribution < -0.4 is 4.74 Å². The molecular weight excluding hydrogens is 227 g/mol. The normalized spacial score (nSPS) is 12.9. The molecule has 0 aliphatic rings. The first-order chi connectivity index (χ1) is 8.13. The Morgan fingerprint density at radius 1 is 1.12 bits per heavy atom. The zero-order valence-electron chi connectivity index (χ0n) is 10.9. The van der Waals surface area contributed by atoms with Gasteiger partial charge in [0.25, 0.3) is 0 Å². The molecule has 2 atom stereocenters. The van der Waals surface area contributed by atoms with Gasteiger partial charge in [-0.1, -0.05) is 19.1 Å². The van der Waals surface area contributed by atoms with E-state index in [9.17, 15) is 0 Å². The molecule has 90 valence electrons. The Morgan fingerprint density at radius 3 is 2.24 bits per heavy atom. The summed E-state index contributed by atoms with van der Waals surface area (Å²) in [6.45, 7) is 6.73. The summed E-state index contributed by atoms with van der Waals surface area (Å²) in [5.41, 5.74) is 4.29. The molecule has 1 aromatic heterocycles. The first kappa shape index (κ1) is 12.3. The van der Waals surface area contributed by atoms with Gasteiger partial charge in [0, 0.05) is 5.92 Å². The molecule has 2 aromatic rings. The minimum Gasteiger partial charge on any atom is -0.497 e. The molecule has 1 heterocycles. The fraction of sp³-hybridized carbons (Fsp3) is 0.333. The van der Waals surface area contributed by atoms with E-state index >= 15 is 0 Å². The van der Waals surface area contributed by atoms with Crippen molar-refractivity contribution in [1.82, 2.24) is 0 Å². The van der Waals surface area contributed by atoms with E-state index in [1.807, 2.05) is 12.1 Å². The second kappa shape index (κ2) is 4.98. The van der Waals surface area contributed by atoms with Gasteiger partial charge in [-0.05, 0) is 53.8 Å². The van der Waals surface area contributed by atoms with E-state index in [1.165, 1.54) is 16.7 Å². The molecule has 0 amide bonds. The summed E-state index contributed by atoms with van der Waals surface area (Å²) in [4.78, 5) is 0. The summed E-state index contributed by atoms with van der Waals surface area (Å²) >= 11 is 0. The van der Waals surface area contributed by atoms with Crippen molar-refractivity contribution >= 4 is 8.19 Å². The summed E-state index contributed by atoms with van der Waals surface area (Å²) in [7, 11) is 2.56. The van der Waals surface area contributed by atoms with Gasteiger partial charge in [-0.3, -0.25) is 0 Å². The van der Waals surface area contributed by atoms with Crippen LogP contribution >= 0.6 is 8.19 Å². The van der Waals surface area contributed by atoms with Crippen molar-refractivity contribution in [2.75, 3.05) is 7.11 Å². The second-order valence-corrected chi connectivity index (χ2v) is 5.62. The molecule has 2 heteroatoms. The fourth-order valence-corrected chi connectivity index (χ4v) is 3.54. The molecule has 0 saturated carbocycles. The van der Waals surface area contributed by atoms with Crippen LogP contribution in [0.15, 0.2) is 30.1 Å². The number of ether oxygens (including phenoxy) is 1. The molecule has 0 radical (unpaired) electrons. The van der Waals surface area contributed by atoms with E-state index in [4.69, 9.17) is 4.74 Å². The monoisotopic (exact) mass is 246 g/mol. The largest absolute Gasteiger partial charge is 0.497 e. The van der Waals surface area contributed by atoms with E-state index < -0.39 is 0 Å². The second-order valence-electron chi connectivity index (χ2n) is 4.51. The third kappa shape index (κ3) is 2.40. The van der Waals surface area contributed by atoms with E-state index in [-0.39, 0.29) is 0 Å². The SMILES string of the molecule is COc1ccc([C@@H](C)c2[pH]cc(C)c2C)cc1. The van der Waals surface area contributed by atoms with Gasteiger partial charge in [0.05, 0.1) is 7.11 Å². The number of methoxy groups -OCH3 is 1. The van der Waals surface area contributed by atoms with E-state index in [1.54, 1.807) is 12.4 Å². The standard InChI is InChI=1S/C15H19OP/c1-10-9-17-15(11(10)2)12(3)13-5-7-14(16-4)8-6-13/h5-9,12,17H,1-4H3/t12-/m1/s1. The van der Waals surface area contributed by atoms with Crippen LogP contribution in [0.3, 0.4) is 0 Å². The van der Waals surface area contributed by atoms with E-state index in [2.05, 4.69) is 38.7 Å². The lowest BCUT2D eigenvalue weighted by Gasteiger charge is -2.13. The maximum Gasteiger partial charge on any atom is 0.118 e. The van der Waals surface area contributed by atoms with Gasteiger partial charge in [0.2, 0.25) is 0 Å². The minimum atomic E-state index is 0.507. The predicted octanol–water partition coefficient (Wildman–Crippen LogP) is 4.50. The summed E-state index contributed by atoms with van der Waals surface area (Å²) in [6, 6.07) is 8.42. The van der Waals surface area contributed by atoms with Crippen LogP contribution in [0.5, 0.6) is 5.75 Å². The van der Waals surface area contributed by atoms with Crippen LogP contribution in [0.4, 0.5) is 0 Å². The molecule has 17 heavy (non-hydrogen) atoms. The first-order valence-corrected chi connectivity index (χ1v) is 6.99. The highest BCUT2D eigenvalue weighted by Crippen LogP contribution is 2.36. The van der Waals surface area contributed by atoms with Crippen LogP contribution in [0.1, 0.15) is 34.8 Å². The Labute approximate surface area is 105 Å². The van der Waals surface area contributed by atoms with Crippen molar-refractivity contribution in [1.29, 1.82) is 0 Å². The lowest BCUT2D eigenvalue weighted by molar-refractivity contribution is 0.414. The van der Waals surface area contributed by atoms with Gasteiger partial charge >= 0.3 is 0 Å². The molecule has 1 unspecified atom stereocenters. The maximum atomic E-state index is 5.19. The smallest absolute Gasteiger partial charge is 0.118 e. The maximum absolute atomic E-state index is 5.19. The molecule has 1 nitrogen and oxygen atoms in total. The number of hydrogen-bond acceptors (Lipinski definition) is 1. The number of rotatable bonds is 3. The van der Waals surface area contributed by atoms with Gasteiger partial charge in [0.15, 0.2) is 0 Å². The van der Waals surface area contributed by atoms with Crippen molar-refractivity contribution < 1.29 is 4.74 Å². The summed E-state index contributed by atoms with van der Waals surface area (Å²) < 4.78 is 5.19. The lowest BCUT2D eigenvalue weighted by Crippen LogP contribution is -1.95. The topological polar surface area (TPSA) is 9.23 Å². The van der Waals surface area contributed by atoms with Crippen LogP contribution in [-0.2, 0) is 0 Å². The zero-order valence-corrected chi connectivity index (χ0v) is 11.9.